The lowest BCUT2D eigenvalue weighted by Gasteiger charge is -2.19. The Balaban J connectivity index is 1.61. The van der Waals surface area contributed by atoms with Crippen LogP contribution in [-0.2, 0) is 16.0 Å². The first-order valence-corrected chi connectivity index (χ1v) is 8.25. The van der Waals surface area contributed by atoms with E-state index in [0.717, 1.165) is 5.56 Å². The molecule has 7 heteroatoms. The summed E-state index contributed by atoms with van der Waals surface area (Å²) < 4.78 is 5.62. The van der Waals surface area contributed by atoms with Crippen molar-refractivity contribution in [3.8, 4) is 17.7 Å². The van der Waals surface area contributed by atoms with Crippen LogP contribution in [0.3, 0.4) is 0 Å². The lowest BCUT2D eigenvalue weighted by Crippen LogP contribution is -2.43. The van der Waals surface area contributed by atoms with E-state index in [-0.39, 0.29) is 24.1 Å². The Morgan fingerprint density at radius 3 is 2.77 bits per heavy atom. The van der Waals surface area contributed by atoms with Crippen molar-refractivity contribution in [1.29, 1.82) is 5.26 Å². The predicted molar refractivity (Wildman–Crippen MR) is 93.4 cm³/mol. The molecule has 1 aliphatic rings. The molecule has 0 radical (unpaired) electrons. The van der Waals surface area contributed by atoms with Gasteiger partial charge in [0.2, 0.25) is 11.8 Å². The van der Waals surface area contributed by atoms with Gasteiger partial charge in [-0.15, -0.1) is 0 Å². The number of nitrogens with two attached hydrogens (primary N) is 1. The highest BCUT2D eigenvalue weighted by molar-refractivity contribution is 5.91. The number of carbonyl (C=O) groups is 2. The molecule has 1 saturated heterocycles. The van der Waals surface area contributed by atoms with Crippen molar-refractivity contribution < 1.29 is 14.3 Å². The lowest BCUT2D eigenvalue weighted by atomic mass is 10.1. The molecule has 1 unspecified atom stereocenters. The van der Waals surface area contributed by atoms with Crippen LogP contribution in [0, 0.1) is 11.3 Å². The number of carbonyl (C=O) groups excluding carboxylic acids is 2. The first kappa shape index (κ1) is 17.6. The van der Waals surface area contributed by atoms with Gasteiger partial charge in [-0.25, -0.2) is 4.98 Å². The van der Waals surface area contributed by atoms with Crippen LogP contribution in [-0.4, -0.2) is 40.7 Å². The fraction of sp³-hybridized carbons (Fsp3) is 0.263. The summed E-state index contributed by atoms with van der Waals surface area (Å²) in [6.07, 6.45) is 2.33. The lowest BCUT2D eigenvalue weighted by molar-refractivity contribution is -0.132. The maximum Gasteiger partial charge on any atom is 0.240 e. The summed E-state index contributed by atoms with van der Waals surface area (Å²) in [4.78, 5) is 29.1. The molecule has 1 fully saturated rings. The van der Waals surface area contributed by atoms with E-state index in [4.69, 9.17) is 15.7 Å². The number of benzene rings is 1. The second-order valence-electron chi connectivity index (χ2n) is 6.07. The van der Waals surface area contributed by atoms with Gasteiger partial charge < -0.3 is 15.4 Å². The molecule has 1 atom stereocenters. The summed E-state index contributed by atoms with van der Waals surface area (Å²) >= 11 is 0. The largest absolute Gasteiger partial charge is 0.438 e. The molecule has 0 aliphatic carbocycles. The van der Waals surface area contributed by atoms with Crippen LogP contribution in [0.2, 0.25) is 0 Å². The maximum absolute atomic E-state index is 12.3. The van der Waals surface area contributed by atoms with Crippen LogP contribution in [0.15, 0.2) is 42.6 Å². The molecule has 1 amide bonds. The number of pyridine rings is 1. The fourth-order valence-electron chi connectivity index (χ4n) is 2.76. The van der Waals surface area contributed by atoms with Crippen molar-refractivity contribution in [2.75, 3.05) is 13.1 Å². The number of ether oxygens (including phenoxy) is 1. The minimum Gasteiger partial charge on any atom is -0.438 e. The minimum atomic E-state index is -0.686. The number of rotatable bonds is 5. The molecule has 1 aromatic carbocycles. The quantitative estimate of drug-likeness (QED) is 0.873. The molecule has 0 saturated carbocycles. The SMILES string of the molecule is N#Cc1cccnc1Oc1ccc(CC(N)C(=O)N2CCC(=O)C2)cc1. The summed E-state index contributed by atoms with van der Waals surface area (Å²) in [5.74, 6) is 0.643. The van der Waals surface area contributed by atoms with Gasteiger partial charge in [0.1, 0.15) is 17.4 Å². The third-order valence-electron chi connectivity index (χ3n) is 4.14. The first-order chi connectivity index (χ1) is 12.6. The zero-order valence-corrected chi connectivity index (χ0v) is 14.1. The standard InChI is InChI=1S/C19H18N4O3/c20-11-14-2-1-8-22-18(14)26-16-5-3-13(4-6-16)10-17(21)19(25)23-9-7-15(24)12-23/h1-6,8,17H,7,9-10,12,21H2. The maximum atomic E-state index is 12.3. The van der Waals surface area contributed by atoms with Gasteiger partial charge in [0, 0.05) is 19.2 Å². The van der Waals surface area contributed by atoms with Crippen molar-refractivity contribution in [2.45, 2.75) is 18.9 Å². The van der Waals surface area contributed by atoms with Gasteiger partial charge in [-0.05, 0) is 36.2 Å². The van der Waals surface area contributed by atoms with E-state index in [9.17, 15) is 9.59 Å². The third kappa shape index (κ3) is 4.05. The average Bonchev–Trinajstić information content (AvgIpc) is 3.09. The van der Waals surface area contributed by atoms with E-state index in [1.165, 1.54) is 4.90 Å². The highest BCUT2D eigenvalue weighted by Gasteiger charge is 2.27. The molecule has 7 nitrogen and oxygen atoms in total. The molecule has 2 aromatic rings. The Hall–Kier alpha value is -3.24. The number of hydrogen-bond acceptors (Lipinski definition) is 6. The molecule has 3 rings (SSSR count). The Morgan fingerprint density at radius 2 is 2.12 bits per heavy atom. The zero-order valence-electron chi connectivity index (χ0n) is 14.1. The van der Waals surface area contributed by atoms with E-state index in [0.29, 0.717) is 30.7 Å². The topological polar surface area (TPSA) is 109 Å². The first-order valence-electron chi connectivity index (χ1n) is 8.25. The van der Waals surface area contributed by atoms with E-state index in [1.807, 2.05) is 18.2 Å². The van der Waals surface area contributed by atoms with Gasteiger partial charge in [0.15, 0.2) is 5.78 Å². The molecular weight excluding hydrogens is 332 g/mol. The molecule has 0 spiro atoms. The molecule has 2 heterocycles. The molecule has 26 heavy (non-hydrogen) atoms. The summed E-state index contributed by atoms with van der Waals surface area (Å²) in [6.45, 7) is 0.605. The number of likely N-dealkylation sites (tertiary alicyclic amines) is 1. The van der Waals surface area contributed by atoms with Gasteiger partial charge >= 0.3 is 0 Å². The summed E-state index contributed by atoms with van der Waals surface area (Å²) in [5.41, 5.74) is 7.23. The Labute approximate surface area is 151 Å². The molecule has 2 N–H and O–H groups in total. The number of ketones is 1. The number of aromatic nitrogens is 1. The summed E-state index contributed by atoms with van der Waals surface area (Å²) in [6, 6.07) is 11.7. The molecule has 132 valence electrons. The van der Waals surface area contributed by atoms with Gasteiger partial charge in [0.25, 0.3) is 0 Å². The second kappa shape index (κ2) is 7.76. The van der Waals surface area contributed by atoms with Crippen molar-refractivity contribution in [1.82, 2.24) is 9.88 Å². The number of hydrogen-bond donors (Lipinski definition) is 1. The van der Waals surface area contributed by atoms with E-state index in [2.05, 4.69) is 4.98 Å². The smallest absolute Gasteiger partial charge is 0.240 e. The van der Waals surface area contributed by atoms with Crippen LogP contribution in [0.25, 0.3) is 0 Å². The Morgan fingerprint density at radius 1 is 1.35 bits per heavy atom. The van der Waals surface area contributed by atoms with Gasteiger partial charge in [-0.2, -0.15) is 5.26 Å². The van der Waals surface area contributed by atoms with Crippen LogP contribution in [0.5, 0.6) is 11.6 Å². The van der Waals surface area contributed by atoms with Crippen LogP contribution < -0.4 is 10.5 Å². The zero-order chi connectivity index (χ0) is 18.5. The average molecular weight is 350 g/mol. The highest BCUT2D eigenvalue weighted by Crippen LogP contribution is 2.23. The number of amides is 1. The van der Waals surface area contributed by atoms with Gasteiger partial charge in [-0.1, -0.05) is 12.1 Å². The van der Waals surface area contributed by atoms with E-state index in [1.54, 1.807) is 30.5 Å². The fourth-order valence-corrected chi connectivity index (χ4v) is 2.76. The summed E-state index contributed by atoms with van der Waals surface area (Å²) in [7, 11) is 0. The summed E-state index contributed by atoms with van der Waals surface area (Å²) in [5, 5.41) is 9.06. The minimum absolute atomic E-state index is 0.0679. The van der Waals surface area contributed by atoms with Gasteiger partial charge in [-0.3, -0.25) is 9.59 Å². The monoisotopic (exact) mass is 350 g/mol. The normalized spacial score (nSPS) is 14.8. The van der Waals surface area contributed by atoms with Gasteiger partial charge in [0.05, 0.1) is 12.6 Å². The Kier molecular flexibility index (Phi) is 5.25. The van der Waals surface area contributed by atoms with Crippen molar-refractivity contribution in [3.63, 3.8) is 0 Å². The molecular formula is C19H18N4O3. The third-order valence-corrected chi connectivity index (χ3v) is 4.14. The van der Waals surface area contributed by atoms with Crippen LogP contribution in [0.4, 0.5) is 0 Å². The number of nitriles is 1. The van der Waals surface area contributed by atoms with Crippen molar-refractivity contribution in [3.05, 3.63) is 53.7 Å². The van der Waals surface area contributed by atoms with Crippen molar-refractivity contribution in [2.24, 2.45) is 5.73 Å². The Bertz CT molecular complexity index is 858. The van der Waals surface area contributed by atoms with Crippen LogP contribution >= 0.6 is 0 Å². The van der Waals surface area contributed by atoms with E-state index < -0.39 is 6.04 Å². The van der Waals surface area contributed by atoms with E-state index >= 15 is 0 Å². The van der Waals surface area contributed by atoms with Crippen molar-refractivity contribution >= 4 is 11.7 Å². The van der Waals surface area contributed by atoms with Crippen LogP contribution in [0.1, 0.15) is 17.5 Å². The molecule has 1 aliphatic heterocycles. The second-order valence-corrected chi connectivity index (χ2v) is 6.07. The predicted octanol–water partition coefficient (Wildman–Crippen LogP) is 1.42. The highest BCUT2D eigenvalue weighted by atomic mass is 16.5. The molecule has 0 bridgehead atoms. The molecule has 1 aromatic heterocycles. The number of nitrogens with zero attached hydrogens (tertiary/aromatic N) is 3. The number of Topliss-reactive ketones (excluding diaryl/α,β-unsaturated/α-hetero) is 1.